The lowest BCUT2D eigenvalue weighted by Crippen LogP contribution is -2.23. The van der Waals surface area contributed by atoms with Crippen LogP contribution in [0.2, 0.25) is 0 Å². The Labute approximate surface area is 108 Å². The van der Waals surface area contributed by atoms with E-state index in [9.17, 15) is 24.0 Å². The Morgan fingerprint density at radius 3 is 0.950 bits per heavy atom. The summed E-state index contributed by atoms with van der Waals surface area (Å²) >= 11 is 0. The third-order valence-corrected chi connectivity index (χ3v) is 1.97. The number of hydrogen-bond donors (Lipinski definition) is 6. The second-order valence-corrected chi connectivity index (χ2v) is 3.29. The highest BCUT2D eigenvalue weighted by atomic mass is 16.3. The Morgan fingerprint density at radius 2 is 0.800 bits per heavy atom. The molecule has 0 aromatic heterocycles. The second-order valence-electron chi connectivity index (χ2n) is 3.29. The highest BCUT2D eigenvalue weighted by molar-refractivity contribution is 6.44. The van der Waals surface area contributed by atoms with Crippen molar-refractivity contribution < 1.29 is 44.4 Å². The summed E-state index contributed by atoms with van der Waals surface area (Å²) in [5, 5.41) is 38.1. The average Bonchev–Trinajstić information content (AvgIpc) is 2.69. The summed E-state index contributed by atoms with van der Waals surface area (Å²) in [6.07, 6.45) is 0. The summed E-state index contributed by atoms with van der Waals surface area (Å²) in [6, 6.07) is -0.750. The van der Waals surface area contributed by atoms with Crippen LogP contribution in [0.4, 0.5) is 4.79 Å². The first-order chi connectivity index (χ1) is 9.16. The molecule has 0 radical (unpaired) electrons. The molecule has 1 aliphatic carbocycles. The van der Waals surface area contributed by atoms with E-state index in [-0.39, 0.29) is 0 Å². The summed E-state index contributed by atoms with van der Waals surface area (Å²) < 4.78 is 0. The SMILES string of the molecule is O=C1C(O)=C(O)C(=O)C(O)=C1O.O=C1NC(=O)C(=O)N1. The van der Waals surface area contributed by atoms with Crippen molar-refractivity contribution >= 4 is 29.4 Å². The molecule has 0 unspecified atom stereocenters. The number of hydrogen-bond acceptors (Lipinski definition) is 9. The van der Waals surface area contributed by atoms with Crippen LogP contribution in [0.5, 0.6) is 0 Å². The highest BCUT2D eigenvalue weighted by Gasteiger charge is 2.34. The van der Waals surface area contributed by atoms with E-state index < -0.39 is 52.4 Å². The second kappa shape index (κ2) is 5.09. The van der Waals surface area contributed by atoms with Crippen LogP contribution in [0.1, 0.15) is 0 Å². The van der Waals surface area contributed by atoms with Gasteiger partial charge in [-0.25, -0.2) is 4.79 Å². The number of imide groups is 2. The fourth-order valence-electron chi connectivity index (χ4n) is 1.01. The van der Waals surface area contributed by atoms with Crippen molar-refractivity contribution in [1.82, 2.24) is 10.6 Å². The fourth-order valence-corrected chi connectivity index (χ4v) is 1.01. The maximum absolute atomic E-state index is 10.6. The molecule has 11 nitrogen and oxygen atoms in total. The molecule has 0 spiro atoms. The van der Waals surface area contributed by atoms with Crippen LogP contribution in [0.3, 0.4) is 0 Å². The van der Waals surface area contributed by atoms with Gasteiger partial charge in [-0.3, -0.25) is 29.8 Å². The molecule has 1 aliphatic heterocycles. The molecule has 1 fully saturated rings. The molecule has 11 heteroatoms. The molecule has 0 aromatic rings. The Morgan fingerprint density at radius 1 is 0.550 bits per heavy atom. The lowest BCUT2D eigenvalue weighted by atomic mass is 10.1. The zero-order valence-corrected chi connectivity index (χ0v) is 9.33. The Balaban J connectivity index is 0.000000217. The van der Waals surface area contributed by atoms with Crippen molar-refractivity contribution in [3.63, 3.8) is 0 Å². The largest absolute Gasteiger partial charge is 0.501 e. The van der Waals surface area contributed by atoms with Gasteiger partial charge in [-0.1, -0.05) is 0 Å². The number of rotatable bonds is 0. The fraction of sp³-hybridized carbons (Fsp3) is 0. The van der Waals surface area contributed by atoms with E-state index >= 15 is 0 Å². The molecule has 0 bridgehead atoms. The molecule has 1 saturated heterocycles. The van der Waals surface area contributed by atoms with Crippen molar-refractivity contribution in [2.45, 2.75) is 0 Å². The predicted octanol–water partition coefficient (Wildman–Crippen LogP) is -1.85. The number of amides is 4. The van der Waals surface area contributed by atoms with Crippen LogP contribution in [0, 0.1) is 0 Å². The van der Waals surface area contributed by atoms with Crippen molar-refractivity contribution in [2.75, 3.05) is 0 Å². The van der Waals surface area contributed by atoms with E-state index in [2.05, 4.69) is 0 Å². The Kier molecular flexibility index (Phi) is 3.74. The smallest absolute Gasteiger partial charge is 0.328 e. The maximum Gasteiger partial charge on any atom is 0.328 e. The minimum absolute atomic E-state index is 0.750. The first kappa shape index (κ1) is 14.7. The Hall–Kier alpha value is -3.37. The third kappa shape index (κ3) is 2.55. The predicted molar refractivity (Wildman–Crippen MR) is 56.3 cm³/mol. The van der Waals surface area contributed by atoms with Gasteiger partial charge in [-0.15, -0.1) is 0 Å². The van der Waals surface area contributed by atoms with E-state index in [4.69, 9.17) is 20.4 Å². The molecule has 106 valence electrons. The monoisotopic (exact) mass is 286 g/mol. The van der Waals surface area contributed by atoms with Gasteiger partial charge in [-0.05, 0) is 0 Å². The average molecular weight is 286 g/mol. The van der Waals surface area contributed by atoms with Gasteiger partial charge in [0.2, 0.25) is 23.0 Å². The highest BCUT2D eigenvalue weighted by Crippen LogP contribution is 2.17. The number of ketones is 2. The number of nitrogens with one attached hydrogen (secondary N) is 2. The molecule has 4 amide bonds. The van der Waals surface area contributed by atoms with Crippen molar-refractivity contribution in [2.24, 2.45) is 0 Å². The van der Waals surface area contributed by atoms with Crippen LogP contribution in [-0.2, 0) is 19.2 Å². The molecule has 2 rings (SSSR count). The zero-order valence-electron chi connectivity index (χ0n) is 9.33. The summed E-state index contributed by atoms with van der Waals surface area (Å²) in [5.41, 5.74) is 0. The number of Topliss-reactive ketones (excluding diaryl/α,β-unsaturated/α-hetero) is 2. The number of aliphatic hydroxyl groups is 4. The van der Waals surface area contributed by atoms with Crippen molar-refractivity contribution in [3.05, 3.63) is 23.0 Å². The lowest BCUT2D eigenvalue weighted by Gasteiger charge is -2.08. The minimum atomic E-state index is -1.38. The van der Waals surface area contributed by atoms with Gasteiger partial charge in [0.05, 0.1) is 0 Å². The molecule has 1 heterocycles. The van der Waals surface area contributed by atoms with Crippen LogP contribution < -0.4 is 10.6 Å². The first-order valence-electron chi connectivity index (χ1n) is 4.67. The normalized spacial score (nSPS) is 18.7. The van der Waals surface area contributed by atoms with Crippen molar-refractivity contribution in [3.8, 4) is 0 Å². The summed E-state index contributed by atoms with van der Waals surface area (Å²) in [5.74, 6) is -9.63. The van der Waals surface area contributed by atoms with Crippen molar-refractivity contribution in [1.29, 1.82) is 0 Å². The molecular weight excluding hydrogens is 280 g/mol. The van der Waals surface area contributed by atoms with Gasteiger partial charge in [0, 0.05) is 0 Å². The lowest BCUT2D eigenvalue weighted by molar-refractivity contribution is -0.135. The molecule has 20 heavy (non-hydrogen) atoms. The number of aliphatic hydroxyl groups excluding tert-OH is 4. The van der Waals surface area contributed by atoms with E-state index in [1.807, 2.05) is 0 Å². The van der Waals surface area contributed by atoms with E-state index in [0.29, 0.717) is 0 Å². The molecule has 2 aliphatic rings. The van der Waals surface area contributed by atoms with Gasteiger partial charge in [0.15, 0.2) is 0 Å². The van der Waals surface area contributed by atoms with Gasteiger partial charge in [0.1, 0.15) is 0 Å². The third-order valence-electron chi connectivity index (χ3n) is 1.97. The van der Waals surface area contributed by atoms with Crippen LogP contribution in [0.25, 0.3) is 0 Å². The van der Waals surface area contributed by atoms with Gasteiger partial charge >= 0.3 is 17.8 Å². The Bertz CT molecular complexity index is 533. The van der Waals surface area contributed by atoms with Crippen LogP contribution in [-0.4, -0.2) is 49.8 Å². The maximum atomic E-state index is 10.6. The standard InChI is InChI=1S/C6H4O6.C3H2N2O3/c7-1-2(8)4(10)6(12)5(11)3(1)9;6-1-2(7)5-3(8)4-1/h7-8,11-12H;(H2,4,5,6,7,8). The summed E-state index contributed by atoms with van der Waals surface area (Å²) in [6.45, 7) is 0. The van der Waals surface area contributed by atoms with E-state index in [1.165, 1.54) is 0 Å². The molecule has 0 atom stereocenters. The zero-order chi connectivity index (χ0) is 15.6. The van der Waals surface area contributed by atoms with E-state index in [1.54, 1.807) is 10.6 Å². The molecule has 0 saturated carbocycles. The van der Waals surface area contributed by atoms with E-state index in [0.717, 1.165) is 0 Å². The molecule has 0 aromatic carbocycles. The summed E-state index contributed by atoms with van der Waals surface area (Å²) in [7, 11) is 0. The number of urea groups is 1. The number of carbonyl (C=O) groups excluding carboxylic acids is 5. The van der Waals surface area contributed by atoms with Crippen LogP contribution >= 0.6 is 0 Å². The van der Waals surface area contributed by atoms with Gasteiger partial charge in [0.25, 0.3) is 11.6 Å². The van der Waals surface area contributed by atoms with Gasteiger partial charge in [-0.2, -0.15) is 0 Å². The molecular formula is C9H6N2O9. The molecule has 6 N–H and O–H groups in total. The quantitative estimate of drug-likeness (QED) is 0.168. The minimum Gasteiger partial charge on any atom is -0.501 e. The summed E-state index contributed by atoms with van der Waals surface area (Å²) in [4.78, 5) is 51.3. The van der Waals surface area contributed by atoms with Gasteiger partial charge < -0.3 is 20.4 Å². The van der Waals surface area contributed by atoms with Crippen LogP contribution in [0.15, 0.2) is 23.0 Å². The first-order valence-corrected chi connectivity index (χ1v) is 4.67. The topological polar surface area (TPSA) is 190 Å². The number of carbonyl (C=O) groups is 5.